The number of carbonyl (C=O) groups excluding carboxylic acids is 3. The fraction of sp³-hybridized carbons (Fsp3) is 0.500. The molecule has 3 amide bonds. The maximum Gasteiger partial charge on any atom is 0.247 e. The number of imide groups is 1. The van der Waals surface area contributed by atoms with Crippen LogP contribution in [0.2, 0.25) is 0 Å². The average molecular weight is 471 g/mol. The monoisotopic (exact) mass is 470 g/mol. The van der Waals surface area contributed by atoms with Crippen molar-refractivity contribution in [1.29, 1.82) is 0 Å². The highest BCUT2D eigenvalue weighted by Crippen LogP contribution is 2.39. The number of likely N-dealkylation sites (tertiary alicyclic amines) is 1. The third-order valence-electron chi connectivity index (χ3n) is 6.50. The number of hydrogen-bond donors (Lipinski definition) is 1. The highest BCUT2D eigenvalue weighted by atomic mass is 32.2. The van der Waals surface area contributed by atoms with E-state index in [0.717, 1.165) is 31.5 Å². The van der Waals surface area contributed by atoms with E-state index in [2.05, 4.69) is 10.3 Å². The largest absolute Gasteiger partial charge is 0.486 e. The van der Waals surface area contributed by atoms with Gasteiger partial charge in [-0.25, -0.2) is 4.98 Å². The number of aromatic nitrogens is 2. The Morgan fingerprint density at radius 3 is 2.42 bits per heavy atom. The van der Waals surface area contributed by atoms with Crippen molar-refractivity contribution >= 4 is 35.2 Å². The molecule has 1 saturated carbocycles. The number of ether oxygens (including phenoxy) is 1. The molecule has 2 aromatic rings. The van der Waals surface area contributed by atoms with Gasteiger partial charge in [-0.1, -0.05) is 12.8 Å². The number of fused-ring (bicyclic) bond motifs is 1. The summed E-state index contributed by atoms with van der Waals surface area (Å²) >= 11 is 1.59. The summed E-state index contributed by atoms with van der Waals surface area (Å²) < 4.78 is 7.65. The van der Waals surface area contributed by atoms with Crippen LogP contribution in [-0.4, -0.2) is 50.2 Å². The van der Waals surface area contributed by atoms with Crippen molar-refractivity contribution in [3.05, 3.63) is 42.5 Å². The Hall–Kier alpha value is -2.81. The van der Waals surface area contributed by atoms with Crippen molar-refractivity contribution in [2.24, 2.45) is 18.9 Å². The molecular formula is C24H30N4O4S. The van der Waals surface area contributed by atoms with Gasteiger partial charge in [-0.05, 0) is 55.5 Å². The van der Waals surface area contributed by atoms with Crippen LogP contribution >= 0.6 is 11.8 Å². The van der Waals surface area contributed by atoms with Gasteiger partial charge in [0.1, 0.15) is 24.2 Å². The molecule has 1 saturated heterocycles. The number of amides is 3. The van der Waals surface area contributed by atoms with Gasteiger partial charge in [0.15, 0.2) is 0 Å². The normalized spacial score (nSPS) is 21.1. The quantitative estimate of drug-likeness (QED) is 0.566. The van der Waals surface area contributed by atoms with Crippen LogP contribution in [0.15, 0.2) is 36.7 Å². The van der Waals surface area contributed by atoms with Crippen LogP contribution in [0, 0.1) is 11.8 Å². The van der Waals surface area contributed by atoms with Gasteiger partial charge in [-0.2, -0.15) is 11.8 Å². The Bertz CT molecular complexity index is 982. The third-order valence-corrected chi connectivity index (χ3v) is 7.14. The summed E-state index contributed by atoms with van der Waals surface area (Å²) in [7, 11) is 1.91. The second kappa shape index (κ2) is 10.4. The van der Waals surface area contributed by atoms with E-state index >= 15 is 0 Å². The van der Waals surface area contributed by atoms with Gasteiger partial charge in [0.2, 0.25) is 17.7 Å². The Kier molecular flexibility index (Phi) is 7.37. The van der Waals surface area contributed by atoms with Crippen molar-refractivity contribution in [2.75, 3.05) is 17.3 Å². The van der Waals surface area contributed by atoms with Gasteiger partial charge in [-0.3, -0.25) is 19.3 Å². The minimum atomic E-state index is -0.789. The molecule has 33 heavy (non-hydrogen) atoms. The fourth-order valence-electron chi connectivity index (χ4n) is 4.65. The van der Waals surface area contributed by atoms with Crippen LogP contribution in [0.4, 0.5) is 5.69 Å². The summed E-state index contributed by atoms with van der Waals surface area (Å²) in [5.41, 5.74) is 0.593. The molecule has 1 aromatic carbocycles. The molecule has 2 heterocycles. The number of thioether (sulfide) groups is 1. The van der Waals surface area contributed by atoms with Crippen LogP contribution in [0.5, 0.6) is 5.75 Å². The van der Waals surface area contributed by atoms with Gasteiger partial charge in [-0.15, -0.1) is 0 Å². The lowest BCUT2D eigenvalue weighted by Gasteiger charge is -2.26. The fourth-order valence-corrected chi connectivity index (χ4v) is 5.10. The maximum absolute atomic E-state index is 13.2. The standard InChI is InChI=1S/C24H30N4O4S/c1-27-13-12-25-21(27)15-32-17-9-7-16(8-10-17)26-22(29)20(11-14-33-2)28-23(30)18-5-3-4-6-19(18)24(28)31/h7-10,12-13,18-20H,3-6,11,14-15H2,1-2H3,(H,26,29). The molecular weight excluding hydrogens is 440 g/mol. The lowest BCUT2D eigenvalue weighted by molar-refractivity contribution is -0.146. The molecule has 4 rings (SSSR count). The SMILES string of the molecule is CSCCC(C(=O)Nc1ccc(OCc2nccn2C)cc1)N1C(=O)C2CCCCC2C1=O. The summed E-state index contributed by atoms with van der Waals surface area (Å²) in [6, 6.07) is 6.27. The van der Waals surface area contributed by atoms with E-state index in [0.29, 0.717) is 30.2 Å². The predicted octanol–water partition coefficient (Wildman–Crippen LogP) is 3.23. The zero-order valence-corrected chi connectivity index (χ0v) is 19.8. The summed E-state index contributed by atoms with van der Waals surface area (Å²) in [5.74, 6) is 0.953. The van der Waals surface area contributed by atoms with Crippen LogP contribution in [-0.2, 0) is 28.0 Å². The van der Waals surface area contributed by atoms with Crippen LogP contribution in [0.3, 0.4) is 0 Å². The van der Waals surface area contributed by atoms with E-state index in [4.69, 9.17) is 4.74 Å². The van der Waals surface area contributed by atoms with Crippen molar-refractivity contribution in [2.45, 2.75) is 44.8 Å². The molecule has 2 aliphatic rings. The van der Waals surface area contributed by atoms with E-state index in [9.17, 15) is 14.4 Å². The molecule has 9 heteroatoms. The third kappa shape index (κ3) is 5.08. The van der Waals surface area contributed by atoms with Gasteiger partial charge in [0.25, 0.3) is 0 Å². The second-order valence-corrected chi connectivity index (χ2v) is 9.58. The van der Waals surface area contributed by atoms with Crippen molar-refractivity contribution in [1.82, 2.24) is 14.5 Å². The lowest BCUT2D eigenvalue weighted by Crippen LogP contribution is -2.48. The highest BCUT2D eigenvalue weighted by Gasteiger charge is 2.51. The van der Waals surface area contributed by atoms with Crippen molar-refractivity contribution in [3.63, 3.8) is 0 Å². The van der Waals surface area contributed by atoms with E-state index in [-0.39, 0.29) is 29.6 Å². The van der Waals surface area contributed by atoms with Crippen LogP contribution in [0.25, 0.3) is 0 Å². The first-order valence-corrected chi connectivity index (χ1v) is 12.7. The molecule has 2 fully saturated rings. The first-order valence-electron chi connectivity index (χ1n) is 11.4. The molecule has 0 radical (unpaired) electrons. The molecule has 0 bridgehead atoms. The van der Waals surface area contributed by atoms with Crippen molar-refractivity contribution < 1.29 is 19.1 Å². The molecule has 3 unspecified atom stereocenters. The van der Waals surface area contributed by atoms with Crippen molar-refractivity contribution in [3.8, 4) is 5.75 Å². The predicted molar refractivity (Wildman–Crippen MR) is 127 cm³/mol. The van der Waals surface area contributed by atoms with Crippen LogP contribution in [0.1, 0.15) is 37.9 Å². The number of hydrogen-bond acceptors (Lipinski definition) is 6. The molecule has 1 aliphatic heterocycles. The molecule has 0 spiro atoms. The molecule has 8 nitrogen and oxygen atoms in total. The number of rotatable bonds is 9. The number of imidazole rings is 1. The smallest absolute Gasteiger partial charge is 0.247 e. The average Bonchev–Trinajstić information content (AvgIpc) is 3.35. The van der Waals surface area contributed by atoms with E-state index in [1.165, 1.54) is 4.90 Å². The molecule has 3 atom stereocenters. The zero-order valence-electron chi connectivity index (χ0n) is 19.0. The number of nitrogens with one attached hydrogen (secondary N) is 1. The Balaban J connectivity index is 1.42. The number of carbonyl (C=O) groups is 3. The van der Waals surface area contributed by atoms with E-state index < -0.39 is 6.04 Å². The van der Waals surface area contributed by atoms with E-state index in [1.54, 1.807) is 42.2 Å². The summed E-state index contributed by atoms with van der Waals surface area (Å²) in [6.45, 7) is 0.341. The van der Waals surface area contributed by atoms with Gasteiger partial charge in [0, 0.05) is 25.1 Å². The lowest BCUT2D eigenvalue weighted by atomic mass is 9.81. The minimum Gasteiger partial charge on any atom is -0.486 e. The topological polar surface area (TPSA) is 93.5 Å². The number of aryl methyl sites for hydroxylation is 1. The molecule has 1 aliphatic carbocycles. The summed E-state index contributed by atoms with van der Waals surface area (Å²) in [5, 5.41) is 2.89. The van der Waals surface area contributed by atoms with Crippen LogP contribution < -0.4 is 10.1 Å². The summed E-state index contributed by atoms with van der Waals surface area (Å²) in [4.78, 5) is 44.8. The molecule has 176 valence electrons. The summed E-state index contributed by atoms with van der Waals surface area (Å²) in [6.07, 6.45) is 9.37. The Morgan fingerprint density at radius 1 is 1.18 bits per heavy atom. The van der Waals surface area contributed by atoms with Gasteiger partial charge in [0.05, 0.1) is 11.8 Å². The maximum atomic E-state index is 13.2. The first kappa shape index (κ1) is 23.4. The van der Waals surface area contributed by atoms with Gasteiger partial charge < -0.3 is 14.6 Å². The minimum absolute atomic E-state index is 0.177. The van der Waals surface area contributed by atoms with Gasteiger partial charge >= 0.3 is 0 Å². The highest BCUT2D eigenvalue weighted by molar-refractivity contribution is 7.98. The second-order valence-electron chi connectivity index (χ2n) is 8.60. The zero-order chi connectivity index (χ0) is 23.4. The number of benzene rings is 1. The number of nitrogens with zero attached hydrogens (tertiary/aromatic N) is 3. The number of anilines is 1. The molecule has 1 aromatic heterocycles. The molecule has 1 N–H and O–H groups in total. The van der Waals surface area contributed by atoms with E-state index in [1.807, 2.05) is 24.1 Å². The Labute approximate surface area is 198 Å². The first-order chi connectivity index (χ1) is 16.0. The Morgan fingerprint density at radius 2 is 1.85 bits per heavy atom.